The number of methoxy groups -OCH3 is 4. The molecule has 23 heavy (non-hydrogen) atoms. The summed E-state index contributed by atoms with van der Waals surface area (Å²) in [7, 11) is 5.75. The predicted octanol–water partition coefficient (Wildman–Crippen LogP) is -1.42. The number of rotatable bonds is 4. The van der Waals surface area contributed by atoms with Crippen LogP contribution >= 0.6 is 0 Å². The van der Waals surface area contributed by atoms with Gasteiger partial charge in [-0.05, 0) is 0 Å². The van der Waals surface area contributed by atoms with Gasteiger partial charge >= 0.3 is 23.9 Å². The van der Waals surface area contributed by atoms with Gasteiger partial charge in [0.2, 0.25) is 0 Å². The highest BCUT2D eigenvalue weighted by atomic mass is 16.5. The number of carbonyl (C=O) groups is 4. The Balaban J connectivity index is 3.52. The fourth-order valence-corrected chi connectivity index (χ4v) is 2.36. The van der Waals surface area contributed by atoms with Crippen molar-refractivity contribution in [1.29, 1.82) is 0 Å². The average molecular weight is 330 g/mol. The standard InChI is InChI=1S/C13H18N2O8/c1-15-9(13(19)23-5)7(11(17)21-3)6(10(16)20-2)8(14-15)12(18)22-4/h6-7,9H,1-5H3/t6-,7+,9-/m1/s1. The molecular weight excluding hydrogens is 312 g/mol. The van der Waals surface area contributed by atoms with Crippen molar-refractivity contribution < 1.29 is 38.1 Å². The van der Waals surface area contributed by atoms with Gasteiger partial charge in [-0.3, -0.25) is 14.6 Å². The van der Waals surface area contributed by atoms with Crippen LogP contribution in [0.15, 0.2) is 5.10 Å². The van der Waals surface area contributed by atoms with Gasteiger partial charge in [-0.1, -0.05) is 0 Å². The Morgan fingerprint density at radius 3 is 1.83 bits per heavy atom. The maximum Gasteiger partial charge on any atom is 0.355 e. The number of carbonyl (C=O) groups excluding carboxylic acids is 4. The highest BCUT2D eigenvalue weighted by Crippen LogP contribution is 2.30. The molecule has 1 rings (SSSR count). The van der Waals surface area contributed by atoms with E-state index in [1.807, 2.05) is 0 Å². The summed E-state index contributed by atoms with van der Waals surface area (Å²) >= 11 is 0. The van der Waals surface area contributed by atoms with E-state index in [0.29, 0.717) is 0 Å². The van der Waals surface area contributed by atoms with Crippen LogP contribution in [0.4, 0.5) is 0 Å². The summed E-state index contributed by atoms with van der Waals surface area (Å²) in [5.41, 5.74) is -0.364. The normalized spacial score (nSPS) is 23.4. The first-order chi connectivity index (χ1) is 10.8. The van der Waals surface area contributed by atoms with E-state index in [4.69, 9.17) is 0 Å². The van der Waals surface area contributed by atoms with Gasteiger partial charge in [-0.25, -0.2) is 9.59 Å². The van der Waals surface area contributed by atoms with E-state index in [2.05, 4.69) is 24.0 Å². The van der Waals surface area contributed by atoms with Gasteiger partial charge in [-0.15, -0.1) is 0 Å². The number of hydrogen-bond donors (Lipinski definition) is 0. The molecule has 3 atom stereocenters. The molecule has 0 aromatic heterocycles. The number of likely N-dealkylation sites (N-methyl/N-ethyl adjacent to an activating group) is 1. The summed E-state index contributed by atoms with van der Waals surface area (Å²) in [6.45, 7) is 0. The van der Waals surface area contributed by atoms with E-state index in [1.54, 1.807) is 0 Å². The lowest BCUT2D eigenvalue weighted by Gasteiger charge is -2.37. The van der Waals surface area contributed by atoms with E-state index in [1.165, 1.54) is 7.05 Å². The molecule has 0 spiro atoms. The Morgan fingerprint density at radius 1 is 0.870 bits per heavy atom. The first-order valence-corrected chi connectivity index (χ1v) is 6.47. The molecule has 128 valence electrons. The minimum Gasteiger partial charge on any atom is -0.469 e. The van der Waals surface area contributed by atoms with Crippen LogP contribution in [0.5, 0.6) is 0 Å². The molecule has 0 saturated heterocycles. The number of hydrogen-bond acceptors (Lipinski definition) is 10. The van der Waals surface area contributed by atoms with Crippen molar-refractivity contribution in [1.82, 2.24) is 5.01 Å². The molecule has 0 aliphatic carbocycles. The lowest BCUT2D eigenvalue weighted by molar-refractivity contribution is -0.166. The van der Waals surface area contributed by atoms with Gasteiger partial charge in [0.15, 0.2) is 11.8 Å². The molecule has 0 aromatic carbocycles. The molecule has 0 aromatic rings. The van der Waals surface area contributed by atoms with E-state index < -0.39 is 41.8 Å². The van der Waals surface area contributed by atoms with Crippen LogP contribution in [0.3, 0.4) is 0 Å². The SMILES string of the molecule is COC(=O)C1=NN(C)[C@@H](C(=O)OC)[C@@H](C(=O)OC)[C@H]1C(=O)OC. The van der Waals surface area contributed by atoms with Crippen molar-refractivity contribution in [2.24, 2.45) is 16.9 Å². The molecule has 0 fully saturated rings. The molecule has 0 N–H and O–H groups in total. The predicted molar refractivity (Wildman–Crippen MR) is 74.0 cm³/mol. The summed E-state index contributed by atoms with van der Waals surface area (Å²) in [4.78, 5) is 48.2. The van der Waals surface area contributed by atoms with Crippen LogP contribution in [0.25, 0.3) is 0 Å². The summed E-state index contributed by atoms with van der Waals surface area (Å²) in [5, 5.41) is 4.94. The molecule has 1 aliphatic heterocycles. The highest BCUT2D eigenvalue weighted by molar-refractivity contribution is 6.41. The zero-order valence-corrected chi connectivity index (χ0v) is 13.4. The van der Waals surface area contributed by atoms with Crippen molar-refractivity contribution >= 4 is 29.6 Å². The number of hydrazone groups is 1. The van der Waals surface area contributed by atoms with E-state index in [9.17, 15) is 19.2 Å². The molecule has 0 bridgehead atoms. The van der Waals surface area contributed by atoms with Crippen LogP contribution < -0.4 is 0 Å². The van der Waals surface area contributed by atoms with Crippen molar-refractivity contribution in [2.45, 2.75) is 6.04 Å². The first-order valence-electron chi connectivity index (χ1n) is 6.47. The molecule has 0 unspecified atom stereocenters. The molecule has 1 heterocycles. The fraction of sp³-hybridized carbons (Fsp3) is 0.615. The Morgan fingerprint density at radius 2 is 1.39 bits per heavy atom. The van der Waals surface area contributed by atoms with Crippen LogP contribution in [0.2, 0.25) is 0 Å². The third kappa shape index (κ3) is 3.41. The molecular formula is C13H18N2O8. The molecule has 1 aliphatic rings. The van der Waals surface area contributed by atoms with E-state index in [-0.39, 0.29) is 5.71 Å². The molecule has 10 nitrogen and oxygen atoms in total. The second-order valence-electron chi connectivity index (χ2n) is 4.57. The number of esters is 4. The Hall–Kier alpha value is -2.65. The Kier molecular flexibility index (Phi) is 6.05. The smallest absolute Gasteiger partial charge is 0.355 e. The Bertz CT molecular complexity index is 544. The van der Waals surface area contributed by atoms with Gasteiger partial charge in [0.25, 0.3) is 0 Å². The highest BCUT2D eigenvalue weighted by Gasteiger charge is 2.54. The maximum atomic E-state index is 12.2. The van der Waals surface area contributed by atoms with Crippen LogP contribution in [-0.2, 0) is 38.1 Å². The van der Waals surface area contributed by atoms with Crippen molar-refractivity contribution in [3.63, 3.8) is 0 Å². The lowest BCUT2D eigenvalue weighted by Crippen LogP contribution is -2.57. The van der Waals surface area contributed by atoms with Crippen molar-refractivity contribution in [3.8, 4) is 0 Å². The van der Waals surface area contributed by atoms with Gasteiger partial charge in [0.05, 0.1) is 28.4 Å². The zero-order valence-electron chi connectivity index (χ0n) is 13.4. The number of ether oxygens (including phenoxy) is 4. The van der Waals surface area contributed by atoms with E-state index >= 15 is 0 Å². The summed E-state index contributed by atoms with van der Waals surface area (Å²) in [5.74, 6) is -6.39. The minimum absolute atomic E-state index is 0.364. The van der Waals surface area contributed by atoms with Gasteiger partial charge < -0.3 is 18.9 Å². The van der Waals surface area contributed by atoms with Gasteiger partial charge in [0, 0.05) is 7.05 Å². The van der Waals surface area contributed by atoms with Gasteiger partial charge in [0.1, 0.15) is 11.8 Å². The van der Waals surface area contributed by atoms with Crippen molar-refractivity contribution in [2.75, 3.05) is 35.5 Å². The lowest BCUT2D eigenvalue weighted by atomic mass is 9.80. The van der Waals surface area contributed by atoms with Crippen LogP contribution in [0.1, 0.15) is 0 Å². The minimum atomic E-state index is -1.46. The molecule has 0 saturated carbocycles. The maximum absolute atomic E-state index is 12.2. The zero-order chi connectivity index (χ0) is 17.7. The topological polar surface area (TPSA) is 121 Å². The second-order valence-corrected chi connectivity index (χ2v) is 4.57. The van der Waals surface area contributed by atoms with Gasteiger partial charge in [-0.2, -0.15) is 5.10 Å². The van der Waals surface area contributed by atoms with Crippen LogP contribution in [-0.4, -0.2) is 76.1 Å². The van der Waals surface area contributed by atoms with Crippen molar-refractivity contribution in [3.05, 3.63) is 0 Å². The average Bonchev–Trinajstić information content (AvgIpc) is 2.57. The third-order valence-electron chi connectivity index (χ3n) is 3.43. The van der Waals surface area contributed by atoms with E-state index in [0.717, 1.165) is 33.4 Å². The first kappa shape index (κ1) is 18.4. The molecule has 0 amide bonds. The van der Waals surface area contributed by atoms with Crippen LogP contribution in [0, 0.1) is 11.8 Å². The monoisotopic (exact) mass is 330 g/mol. The summed E-state index contributed by atoms with van der Waals surface area (Å²) in [6.07, 6.45) is 0. The Labute approximate surface area is 132 Å². The summed E-state index contributed by atoms with van der Waals surface area (Å²) < 4.78 is 18.5. The molecule has 10 heteroatoms. The number of nitrogens with zero attached hydrogens (tertiary/aromatic N) is 2. The molecule has 0 radical (unpaired) electrons. The fourth-order valence-electron chi connectivity index (χ4n) is 2.36. The second kappa shape index (κ2) is 7.56. The summed E-state index contributed by atoms with van der Waals surface area (Å²) in [6, 6.07) is -1.26. The third-order valence-corrected chi connectivity index (χ3v) is 3.43. The largest absolute Gasteiger partial charge is 0.469 e. The quantitative estimate of drug-likeness (QED) is 0.451.